The van der Waals surface area contributed by atoms with Gasteiger partial charge in [-0.15, -0.1) is 0 Å². The van der Waals surface area contributed by atoms with Crippen LogP contribution in [0.4, 0.5) is 0 Å². The van der Waals surface area contributed by atoms with Gasteiger partial charge in [0, 0.05) is 0 Å². The third kappa shape index (κ3) is 3.17. The van der Waals surface area contributed by atoms with Gasteiger partial charge in [-0.1, -0.05) is 12.1 Å². The summed E-state index contributed by atoms with van der Waals surface area (Å²) in [5.74, 6) is 2.92. The lowest BCUT2D eigenvalue weighted by Gasteiger charge is -2.32. The molecule has 2 rings (SSSR count). The van der Waals surface area contributed by atoms with Crippen LogP contribution < -0.4 is 4.74 Å². The molecule has 0 amide bonds. The smallest absolute Gasteiger partial charge is 0.120 e. The molecule has 1 aromatic carbocycles. The highest BCUT2D eigenvalue weighted by Gasteiger charge is 2.31. The average molecular weight is 252 g/mol. The van der Waals surface area contributed by atoms with Crippen molar-refractivity contribution in [2.75, 3.05) is 11.5 Å². The molecule has 17 heavy (non-hydrogen) atoms. The van der Waals surface area contributed by atoms with Gasteiger partial charge in [-0.3, -0.25) is 0 Å². The highest BCUT2D eigenvalue weighted by molar-refractivity contribution is 7.99. The van der Waals surface area contributed by atoms with Crippen LogP contribution >= 0.6 is 11.8 Å². The summed E-state index contributed by atoms with van der Waals surface area (Å²) in [7, 11) is 0. The molecule has 0 unspecified atom stereocenters. The number of hydrogen-bond donors (Lipinski definition) is 1. The second-order valence-electron chi connectivity index (χ2n) is 4.84. The van der Waals surface area contributed by atoms with Gasteiger partial charge in [0.05, 0.1) is 11.7 Å². The van der Waals surface area contributed by atoms with E-state index < -0.39 is 5.60 Å². The van der Waals surface area contributed by atoms with E-state index in [0.29, 0.717) is 0 Å². The van der Waals surface area contributed by atoms with Gasteiger partial charge in [0.1, 0.15) is 5.75 Å². The maximum atomic E-state index is 10.6. The Hall–Kier alpha value is -0.670. The zero-order chi connectivity index (χ0) is 12.3. The van der Waals surface area contributed by atoms with Crippen molar-refractivity contribution in [1.29, 1.82) is 0 Å². The summed E-state index contributed by atoms with van der Waals surface area (Å²) in [6.07, 6.45) is 1.84. The van der Waals surface area contributed by atoms with Gasteiger partial charge in [0.2, 0.25) is 0 Å². The van der Waals surface area contributed by atoms with E-state index in [2.05, 4.69) is 0 Å². The highest BCUT2D eigenvalue weighted by atomic mass is 32.2. The molecule has 1 saturated heterocycles. The molecule has 1 heterocycles. The van der Waals surface area contributed by atoms with Crippen LogP contribution in [-0.2, 0) is 5.60 Å². The van der Waals surface area contributed by atoms with Crippen LogP contribution in [0.3, 0.4) is 0 Å². The van der Waals surface area contributed by atoms with Crippen molar-refractivity contribution >= 4 is 11.8 Å². The largest absolute Gasteiger partial charge is 0.491 e. The molecule has 1 fully saturated rings. The van der Waals surface area contributed by atoms with Crippen LogP contribution in [0, 0.1) is 0 Å². The van der Waals surface area contributed by atoms with Gasteiger partial charge in [0.25, 0.3) is 0 Å². The van der Waals surface area contributed by atoms with Gasteiger partial charge in [-0.05, 0) is 55.9 Å². The monoisotopic (exact) mass is 252 g/mol. The Bertz CT molecular complexity index is 370. The van der Waals surface area contributed by atoms with Crippen molar-refractivity contribution in [3.8, 4) is 5.75 Å². The van der Waals surface area contributed by atoms with E-state index in [1.165, 1.54) is 0 Å². The van der Waals surface area contributed by atoms with Gasteiger partial charge in [0.15, 0.2) is 0 Å². The first-order valence-corrected chi connectivity index (χ1v) is 7.33. The lowest BCUT2D eigenvalue weighted by atomic mass is 9.88. The number of rotatable bonds is 3. The minimum absolute atomic E-state index is 0.168. The van der Waals surface area contributed by atoms with Crippen molar-refractivity contribution in [1.82, 2.24) is 0 Å². The van der Waals surface area contributed by atoms with Crippen molar-refractivity contribution in [2.45, 2.75) is 38.4 Å². The maximum absolute atomic E-state index is 10.6. The first kappa shape index (κ1) is 12.8. The summed E-state index contributed by atoms with van der Waals surface area (Å²) in [5.41, 5.74) is 0.345. The Morgan fingerprint density at radius 1 is 1.29 bits per heavy atom. The molecular formula is C14H20O2S. The Morgan fingerprint density at radius 3 is 2.65 bits per heavy atom. The molecule has 2 nitrogen and oxygen atoms in total. The van der Waals surface area contributed by atoms with Crippen LogP contribution in [0.2, 0.25) is 0 Å². The number of hydrogen-bond acceptors (Lipinski definition) is 3. The molecule has 1 aromatic rings. The summed E-state index contributed by atoms with van der Waals surface area (Å²) in [4.78, 5) is 0. The molecule has 0 aliphatic carbocycles. The minimum Gasteiger partial charge on any atom is -0.491 e. The highest BCUT2D eigenvalue weighted by Crippen LogP contribution is 2.36. The second-order valence-corrected chi connectivity index (χ2v) is 6.06. The molecule has 0 radical (unpaired) electrons. The van der Waals surface area contributed by atoms with Gasteiger partial charge in [-0.2, -0.15) is 11.8 Å². The van der Waals surface area contributed by atoms with Crippen LogP contribution in [0.15, 0.2) is 24.3 Å². The van der Waals surface area contributed by atoms with E-state index in [-0.39, 0.29) is 6.10 Å². The Balaban J connectivity index is 2.19. The van der Waals surface area contributed by atoms with Crippen LogP contribution in [0.1, 0.15) is 32.3 Å². The van der Waals surface area contributed by atoms with E-state index in [1.807, 2.05) is 49.9 Å². The molecule has 0 atom stereocenters. The normalized spacial score (nSPS) is 19.3. The summed E-state index contributed by atoms with van der Waals surface area (Å²) in [6, 6.07) is 7.90. The summed E-state index contributed by atoms with van der Waals surface area (Å²) in [6.45, 7) is 4.03. The van der Waals surface area contributed by atoms with Gasteiger partial charge < -0.3 is 9.84 Å². The third-order valence-corrected chi connectivity index (χ3v) is 4.05. The fourth-order valence-electron chi connectivity index (χ4n) is 2.13. The van der Waals surface area contributed by atoms with E-state index in [4.69, 9.17) is 4.74 Å². The van der Waals surface area contributed by atoms with Crippen LogP contribution in [-0.4, -0.2) is 22.7 Å². The molecule has 1 aliphatic heterocycles. The molecule has 0 saturated carbocycles. The van der Waals surface area contributed by atoms with Gasteiger partial charge in [-0.25, -0.2) is 0 Å². The number of aliphatic hydroxyl groups is 1. The fourth-order valence-corrected chi connectivity index (χ4v) is 3.30. The molecular weight excluding hydrogens is 232 g/mol. The summed E-state index contributed by atoms with van der Waals surface area (Å²) >= 11 is 1.92. The molecule has 0 bridgehead atoms. The number of benzene rings is 1. The van der Waals surface area contributed by atoms with Crippen molar-refractivity contribution in [3.63, 3.8) is 0 Å². The predicted octanol–water partition coefficient (Wildman–Crippen LogP) is 3.19. The molecule has 3 heteroatoms. The fraction of sp³-hybridized carbons (Fsp3) is 0.571. The van der Waals surface area contributed by atoms with Crippen LogP contribution in [0.5, 0.6) is 5.75 Å². The van der Waals surface area contributed by atoms with Crippen molar-refractivity contribution in [2.24, 2.45) is 0 Å². The Labute approximate surface area is 107 Å². The number of ether oxygens (including phenoxy) is 1. The Morgan fingerprint density at radius 2 is 2.00 bits per heavy atom. The molecule has 94 valence electrons. The lowest BCUT2D eigenvalue weighted by molar-refractivity contribution is 0.0277. The zero-order valence-corrected chi connectivity index (χ0v) is 11.3. The molecule has 0 spiro atoms. The number of thioether (sulfide) groups is 1. The molecule has 1 aliphatic rings. The van der Waals surface area contributed by atoms with Crippen molar-refractivity contribution < 1.29 is 9.84 Å². The predicted molar refractivity (Wildman–Crippen MR) is 72.7 cm³/mol. The van der Waals surface area contributed by atoms with E-state index in [9.17, 15) is 5.11 Å². The Kier molecular flexibility index (Phi) is 4.00. The lowest BCUT2D eigenvalue weighted by Crippen LogP contribution is -2.30. The SMILES string of the molecule is CC(C)Oc1cccc(C2(O)CCSCC2)c1. The second kappa shape index (κ2) is 5.32. The minimum atomic E-state index is -0.651. The topological polar surface area (TPSA) is 29.5 Å². The van der Waals surface area contributed by atoms with E-state index >= 15 is 0 Å². The van der Waals surface area contributed by atoms with Gasteiger partial charge >= 0.3 is 0 Å². The first-order chi connectivity index (χ1) is 8.10. The van der Waals surface area contributed by atoms with Crippen molar-refractivity contribution in [3.05, 3.63) is 29.8 Å². The molecule has 1 N–H and O–H groups in total. The standard InChI is InChI=1S/C14H20O2S/c1-11(2)16-13-5-3-4-12(10-13)14(15)6-8-17-9-7-14/h3-5,10-11,15H,6-9H2,1-2H3. The maximum Gasteiger partial charge on any atom is 0.120 e. The quantitative estimate of drug-likeness (QED) is 0.896. The average Bonchev–Trinajstić information content (AvgIpc) is 2.29. The summed E-state index contributed by atoms with van der Waals surface area (Å²) < 4.78 is 5.67. The summed E-state index contributed by atoms with van der Waals surface area (Å²) in [5, 5.41) is 10.6. The zero-order valence-electron chi connectivity index (χ0n) is 10.5. The molecule has 0 aromatic heterocycles. The first-order valence-electron chi connectivity index (χ1n) is 6.17. The van der Waals surface area contributed by atoms with E-state index in [0.717, 1.165) is 35.7 Å². The van der Waals surface area contributed by atoms with E-state index in [1.54, 1.807) is 0 Å². The third-order valence-electron chi connectivity index (χ3n) is 3.06. The van der Waals surface area contributed by atoms with Crippen LogP contribution in [0.25, 0.3) is 0 Å².